The van der Waals surface area contributed by atoms with Gasteiger partial charge in [0, 0.05) is 34.8 Å². The third-order valence-corrected chi connectivity index (χ3v) is 7.00. The number of thioether (sulfide) groups is 1. The van der Waals surface area contributed by atoms with Crippen LogP contribution in [0.3, 0.4) is 0 Å². The van der Waals surface area contributed by atoms with E-state index in [2.05, 4.69) is 9.98 Å². The molecule has 7 nitrogen and oxygen atoms in total. The maximum atomic E-state index is 13.1. The number of methoxy groups -OCH3 is 2. The zero-order chi connectivity index (χ0) is 24.4. The molecule has 0 saturated carbocycles. The first-order chi connectivity index (χ1) is 17.1. The summed E-state index contributed by atoms with van der Waals surface area (Å²) in [4.78, 5) is 35.6. The molecule has 2 heterocycles. The minimum Gasteiger partial charge on any atom is -0.497 e. The molecule has 1 fully saturated rings. The molecule has 0 radical (unpaired) electrons. The molecule has 35 heavy (non-hydrogen) atoms. The molecule has 3 aromatic carbocycles. The summed E-state index contributed by atoms with van der Waals surface area (Å²) in [6.45, 7) is 0. The number of imide groups is 1. The van der Waals surface area contributed by atoms with Crippen LogP contribution in [-0.2, 0) is 9.59 Å². The van der Waals surface area contributed by atoms with Gasteiger partial charge in [-0.2, -0.15) is 0 Å². The van der Waals surface area contributed by atoms with Crippen molar-refractivity contribution in [2.75, 3.05) is 19.1 Å². The second kappa shape index (κ2) is 9.68. The van der Waals surface area contributed by atoms with Gasteiger partial charge < -0.3 is 14.5 Å². The highest BCUT2D eigenvalue weighted by Gasteiger charge is 2.40. The molecular formula is C27H23N3O4S. The van der Waals surface area contributed by atoms with Gasteiger partial charge in [-0.25, -0.2) is 4.90 Å². The molecule has 0 bridgehead atoms. The lowest BCUT2D eigenvalue weighted by Crippen LogP contribution is -2.31. The smallest absolute Gasteiger partial charge is 0.247 e. The first-order valence-corrected chi connectivity index (χ1v) is 11.9. The van der Waals surface area contributed by atoms with Crippen LogP contribution in [0.2, 0.25) is 0 Å². The number of ether oxygens (including phenoxy) is 2. The lowest BCUT2D eigenvalue weighted by atomic mass is 10.2. The summed E-state index contributed by atoms with van der Waals surface area (Å²) in [5.41, 5.74) is 3.05. The molecule has 0 spiro atoms. The van der Waals surface area contributed by atoms with E-state index in [1.165, 1.54) is 16.7 Å². The summed E-state index contributed by atoms with van der Waals surface area (Å²) in [6, 6.07) is 20.6. The zero-order valence-electron chi connectivity index (χ0n) is 19.2. The molecule has 1 aromatic heterocycles. The second-order valence-electron chi connectivity index (χ2n) is 7.99. The topological polar surface area (TPSA) is 84.0 Å². The predicted octanol–water partition coefficient (Wildman–Crippen LogP) is 5.36. The molecule has 1 aliphatic heterocycles. The Morgan fingerprint density at radius 3 is 2.60 bits per heavy atom. The number of aromatic nitrogens is 1. The fraction of sp³-hybridized carbons (Fsp3) is 0.148. The number of carbonyl (C=O) groups excluding carboxylic acids is 2. The van der Waals surface area contributed by atoms with Crippen LogP contribution in [0, 0.1) is 0 Å². The van der Waals surface area contributed by atoms with Gasteiger partial charge in [0.15, 0.2) is 0 Å². The number of anilines is 1. The number of nitrogens with one attached hydrogen (secondary N) is 1. The highest BCUT2D eigenvalue weighted by molar-refractivity contribution is 8.00. The number of aliphatic imine (C=N–C) groups is 1. The van der Waals surface area contributed by atoms with Gasteiger partial charge in [-0.05, 0) is 66.0 Å². The van der Waals surface area contributed by atoms with Crippen LogP contribution in [0.25, 0.3) is 10.9 Å². The van der Waals surface area contributed by atoms with E-state index >= 15 is 0 Å². The van der Waals surface area contributed by atoms with E-state index in [0.29, 0.717) is 11.4 Å². The standard InChI is InChI=1S/C27H23N3O4S/c1-33-21-7-10-24(34-2)18(13-21)16-29-19-4-8-22(9-5-19)35-25-15-26(31)30(27(25)32)20-6-3-17-11-12-28-23(17)14-20/h3-14,16,25,28H,15H2,1-2H3. The largest absolute Gasteiger partial charge is 0.497 e. The maximum absolute atomic E-state index is 13.1. The molecule has 1 aliphatic rings. The molecule has 8 heteroatoms. The van der Waals surface area contributed by atoms with E-state index in [0.717, 1.165) is 32.8 Å². The van der Waals surface area contributed by atoms with Crippen LogP contribution in [0.15, 0.2) is 82.8 Å². The van der Waals surface area contributed by atoms with Crippen molar-refractivity contribution in [1.29, 1.82) is 0 Å². The average molecular weight is 486 g/mol. The summed E-state index contributed by atoms with van der Waals surface area (Å²) >= 11 is 1.39. The van der Waals surface area contributed by atoms with Crippen molar-refractivity contribution >= 4 is 52.1 Å². The molecule has 1 saturated heterocycles. The quantitative estimate of drug-likeness (QED) is 0.281. The van der Waals surface area contributed by atoms with Gasteiger partial charge in [0.25, 0.3) is 0 Å². The number of aromatic amines is 1. The number of nitrogens with zero attached hydrogens (tertiary/aromatic N) is 2. The van der Waals surface area contributed by atoms with Crippen LogP contribution in [0.1, 0.15) is 12.0 Å². The van der Waals surface area contributed by atoms with Crippen molar-refractivity contribution in [3.05, 3.63) is 78.5 Å². The lowest BCUT2D eigenvalue weighted by Gasteiger charge is -2.15. The first kappa shape index (κ1) is 22.7. The number of carbonyl (C=O) groups is 2. The van der Waals surface area contributed by atoms with Crippen molar-refractivity contribution in [2.24, 2.45) is 4.99 Å². The number of benzene rings is 3. The van der Waals surface area contributed by atoms with E-state index in [1.807, 2.05) is 72.9 Å². The van der Waals surface area contributed by atoms with Gasteiger partial charge in [0.2, 0.25) is 11.8 Å². The van der Waals surface area contributed by atoms with Gasteiger partial charge >= 0.3 is 0 Å². The van der Waals surface area contributed by atoms with Gasteiger partial charge in [-0.15, -0.1) is 11.8 Å². The Bertz CT molecular complexity index is 1430. The molecule has 5 rings (SSSR count). The number of amides is 2. The number of hydrogen-bond donors (Lipinski definition) is 1. The SMILES string of the molecule is COc1ccc(OC)c(C=Nc2ccc(SC3CC(=O)N(c4ccc5cc[nH]c5c4)C3=O)cc2)c1. The summed E-state index contributed by atoms with van der Waals surface area (Å²) in [7, 11) is 3.22. The monoisotopic (exact) mass is 485 g/mol. The van der Waals surface area contributed by atoms with E-state index in [-0.39, 0.29) is 18.2 Å². The molecule has 1 unspecified atom stereocenters. The third kappa shape index (κ3) is 4.65. The fourth-order valence-corrected chi connectivity index (χ4v) is 5.06. The lowest BCUT2D eigenvalue weighted by molar-refractivity contribution is -0.121. The molecular weight excluding hydrogens is 462 g/mol. The third-order valence-electron chi connectivity index (χ3n) is 5.81. The minimum absolute atomic E-state index is 0.168. The summed E-state index contributed by atoms with van der Waals surface area (Å²) in [5.74, 6) is 1.03. The Morgan fingerprint density at radius 2 is 1.83 bits per heavy atom. The predicted molar refractivity (Wildman–Crippen MR) is 138 cm³/mol. The van der Waals surface area contributed by atoms with Gasteiger partial charge in [0.05, 0.1) is 30.8 Å². The minimum atomic E-state index is -0.461. The second-order valence-corrected chi connectivity index (χ2v) is 9.26. The Kier molecular flexibility index (Phi) is 6.29. The number of H-pyrrole nitrogens is 1. The highest BCUT2D eigenvalue weighted by atomic mass is 32.2. The van der Waals surface area contributed by atoms with Crippen LogP contribution in [0.4, 0.5) is 11.4 Å². The maximum Gasteiger partial charge on any atom is 0.247 e. The van der Waals surface area contributed by atoms with Crippen LogP contribution < -0.4 is 14.4 Å². The van der Waals surface area contributed by atoms with Gasteiger partial charge in [-0.1, -0.05) is 6.07 Å². The molecule has 4 aromatic rings. The average Bonchev–Trinajstić information content (AvgIpc) is 3.46. The van der Waals surface area contributed by atoms with E-state index < -0.39 is 5.25 Å². The number of fused-ring (bicyclic) bond motifs is 1. The van der Waals surface area contributed by atoms with Crippen molar-refractivity contribution in [3.63, 3.8) is 0 Å². The van der Waals surface area contributed by atoms with Crippen molar-refractivity contribution in [3.8, 4) is 11.5 Å². The molecule has 1 atom stereocenters. The zero-order valence-corrected chi connectivity index (χ0v) is 20.0. The normalized spacial score (nSPS) is 15.9. The van der Waals surface area contributed by atoms with Crippen molar-refractivity contribution in [1.82, 2.24) is 4.98 Å². The Balaban J connectivity index is 1.28. The van der Waals surface area contributed by atoms with Crippen molar-refractivity contribution in [2.45, 2.75) is 16.6 Å². The van der Waals surface area contributed by atoms with E-state index in [4.69, 9.17) is 9.47 Å². The molecule has 0 aliphatic carbocycles. The fourth-order valence-electron chi connectivity index (χ4n) is 4.00. The van der Waals surface area contributed by atoms with E-state index in [1.54, 1.807) is 20.4 Å². The van der Waals surface area contributed by atoms with Gasteiger partial charge in [0.1, 0.15) is 11.5 Å². The molecule has 176 valence electrons. The summed E-state index contributed by atoms with van der Waals surface area (Å²) in [6.07, 6.45) is 3.73. The van der Waals surface area contributed by atoms with Crippen molar-refractivity contribution < 1.29 is 19.1 Å². The van der Waals surface area contributed by atoms with Crippen LogP contribution in [-0.4, -0.2) is 42.5 Å². The van der Waals surface area contributed by atoms with Gasteiger partial charge in [-0.3, -0.25) is 14.6 Å². The highest BCUT2D eigenvalue weighted by Crippen LogP contribution is 2.35. The van der Waals surface area contributed by atoms with Crippen LogP contribution in [0.5, 0.6) is 11.5 Å². The Morgan fingerprint density at radius 1 is 1.00 bits per heavy atom. The Labute approximate surface area is 206 Å². The molecule has 1 N–H and O–H groups in total. The van der Waals surface area contributed by atoms with Crippen LogP contribution >= 0.6 is 11.8 Å². The van der Waals surface area contributed by atoms with E-state index in [9.17, 15) is 9.59 Å². The summed E-state index contributed by atoms with van der Waals surface area (Å²) < 4.78 is 10.7. The molecule has 2 amide bonds. The number of rotatable bonds is 7. The summed E-state index contributed by atoms with van der Waals surface area (Å²) in [5, 5.41) is 0.573. The number of hydrogen-bond acceptors (Lipinski definition) is 6. The first-order valence-electron chi connectivity index (χ1n) is 11.0. The Hall–Kier alpha value is -4.04.